The maximum Gasteiger partial charge on any atom is 0.318 e. The number of aliphatic hydroxyl groups is 1. The lowest BCUT2D eigenvalue weighted by molar-refractivity contribution is 0.0117. The molecule has 0 radical (unpaired) electrons. The Morgan fingerprint density at radius 2 is 1.93 bits per heavy atom. The fourth-order valence-electron chi connectivity index (χ4n) is 4.00. The first-order valence-electron chi connectivity index (χ1n) is 9.74. The van der Waals surface area contributed by atoms with Crippen LogP contribution < -0.4 is 5.32 Å². The number of benzene rings is 2. The van der Waals surface area contributed by atoms with Gasteiger partial charge in [0.15, 0.2) is 0 Å². The SMILES string of the molecule is CC(NC(=O)N1CCN(CC(C)(C)O)CC1C)c1cccc2ccccc12. The minimum absolute atomic E-state index is 0.0224. The van der Waals surface area contributed by atoms with Crippen LogP contribution >= 0.6 is 0 Å². The highest BCUT2D eigenvalue weighted by Gasteiger charge is 2.30. The van der Waals surface area contributed by atoms with Crippen molar-refractivity contribution in [1.29, 1.82) is 0 Å². The van der Waals surface area contributed by atoms with Crippen molar-refractivity contribution in [2.75, 3.05) is 26.2 Å². The molecule has 2 aromatic rings. The molecule has 146 valence electrons. The zero-order valence-electron chi connectivity index (χ0n) is 16.8. The monoisotopic (exact) mass is 369 g/mol. The van der Waals surface area contributed by atoms with Crippen molar-refractivity contribution >= 4 is 16.8 Å². The Balaban J connectivity index is 1.65. The van der Waals surface area contributed by atoms with Crippen LogP contribution in [0.25, 0.3) is 10.8 Å². The third-order valence-electron chi connectivity index (χ3n) is 5.21. The van der Waals surface area contributed by atoms with Gasteiger partial charge in [-0.3, -0.25) is 4.90 Å². The van der Waals surface area contributed by atoms with E-state index in [9.17, 15) is 9.90 Å². The summed E-state index contributed by atoms with van der Waals surface area (Å²) in [4.78, 5) is 17.0. The highest BCUT2D eigenvalue weighted by atomic mass is 16.3. The van der Waals surface area contributed by atoms with Gasteiger partial charge in [0.05, 0.1) is 11.6 Å². The molecule has 0 saturated carbocycles. The minimum atomic E-state index is -0.715. The Morgan fingerprint density at radius 1 is 1.22 bits per heavy atom. The lowest BCUT2D eigenvalue weighted by atomic mass is 10.00. The van der Waals surface area contributed by atoms with E-state index in [0.29, 0.717) is 13.1 Å². The van der Waals surface area contributed by atoms with Crippen molar-refractivity contribution in [3.63, 3.8) is 0 Å². The number of nitrogens with zero attached hydrogens (tertiary/aromatic N) is 2. The first-order valence-corrected chi connectivity index (χ1v) is 9.74. The van der Waals surface area contributed by atoms with Crippen molar-refractivity contribution in [2.45, 2.75) is 45.4 Å². The molecule has 3 rings (SSSR count). The summed E-state index contributed by atoms with van der Waals surface area (Å²) >= 11 is 0. The minimum Gasteiger partial charge on any atom is -0.389 e. The molecular formula is C22H31N3O2. The average Bonchev–Trinajstić information content (AvgIpc) is 2.59. The van der Waals surface area contributed by atoms with Crippen molar-refractivity contribution < 1.29 is 9.90 Å². The molecule has 0 spiro atoms. The predicted molar refractivity (Wildman–Crippen MR) is 110 cm³/mol. The molecule has 2 amide bonds. The predicted octanol–water partition coefficient (Wildman–Crippen LogP) is 3.39. The van der Waals surface area contributed by atoms with Gasteiger partial charge in [0.1, 0.15) is 0 Å². The second kappa shape index (κ2) is 7.87. The topological polar surface area (TPSA) is 55.8 Å². The van der Waals surface area contributed by atoms with Gasteiger partial charge in [0, 0.05) is 32.2 Å². The van der Waals surface area contributed by atoms with Gasteiger partial charge in [-0.25, -0.2) is 4.79 Å². The smallest absolute Gasteiger partial charge is 0.318 e. The Hall–Kier alpha value is -2.11. The van der Waals surface area contributed by atoms with E-state index in [1.54, 1.807) is 0 Å². The summed E-state index contributed by atoms with van der Waals surface area (Å²) in [6.07, 6.45) is 0. The van der Waals surface area contributed by atoms with Gasteiger partial charge >= 0.3 is 6.03 Å². The zero-order chi connectivity index (χ0) is 19.6. The Kier molecular flexibility index (Phi) is 5.72. The number of β-amino-alcohol motifs (C(OH)–C–C–N with tert-alkyl or cyclic N) is 1. The number of hydrogen-bond acceptors (Lipinski definition) is 3. The van der Waals surface area contributed by atoms with E-state index < -0.39 is 5.60 Å². The van der Waals surface area contributed by atoms with E-state index in [4.69, 9.17) is 0 Å². The Bertz CT molecular complexity index is 794. The molecule has 2 N–H and O–H groups in total. The fourth-order valence-corrected chi connectivity index (χ4v) is 4.00. The summed E-state index contributed by atoms with van der Waals surface area (Å²) in [7, 11) is 0. The lowest BCUT2D eigenvalue weighted by Gasteiger charge is -2.41. The van der Waals surface area contributed by atoms with Crippen LogP contribution in [0.3, 0.4) is 0 Å². The van der Waals surface area contributed by atoms with Gasteiger partial charge < -0.3 is 15.3 Å². The number of urea groups is 1. The number of carbonyl (C=O) groups is 1. The quantitative estimate of drug-likeness (QED) is 0.869. The average molecular weight is 370 g/mol. The highest BCUT2D eigenvalue weighted by Crippen LogP contribution is 2.24. The van der Waals surface area contributed by atoms with E-state index in [1.807, 2.05) is 43.9 Å². The number of rotatable bonds is 4. The molecule has 27 heavy (non-hydrogen) atoms. The molecule has 5 nitrogen and oxygen atoms in total. The van der Waals surface area contributed by atoms with Gasteiger partial charge in [-0.15, -0.1) is 0 Å². The van der Waals surface area contributed by atoms with E-state index in [2.05, 4.69) is 41.4 Å². The molecule has 2 atom stereocenters. The Labute approximate surface area is 162 Å². The number of amides is 2. The Morgan fingerprint density at radius 3 is 2.63 bits per heavy atom. The molecule has 5 heteroatoms. The molecule has 1 saturated heterocycles. The molecule has 2 aromatic carbocycles. The summed E-state index contributed by atoms with van der Waals surface area (Å²) in [6, 6.07) is 14.5. The number of piperazine rings is 1. The molecule has 0 bridgehead atoms. The van der Waals surface area contributed by atoms with Crippen LogP contribution in [0.1, 0.15) is 39.3 Å². The van der Waals surface area contributed by atoms with Crippen LogP contribution in [0, 0.1) is 0 Å². The van der Waals surface area contributed by atoms with Crippen molar-refractivity contribution in [2.24, 2.45) is 0 Å². The molecule has 1 heterocycles. The molecule has 1 aliphatic rings. The molecule has 1 fully saturated rings. The first-order chi connectivity index (χ1) is 12.7. The first kappa shape index (κ1) is 19.6. The second-order valence-electron chi connectivity index (χ2n) is 8.33. The summed E-state index contributed by atoms with van der Waals surface area (Å²) in [6.45, 7) is 10.6. The van der Waals surface area contributed by atoms with Crippen LogP contribution in [0.2, 0.25) is 0 Å². The standard InChI is InChI=1S/C22H31N3O2/c1-16-14-24(15-22(3,4)27)12-13-25(16)21(26)23-17(2)19-11-7-9-18-8-5-6-10-20(18)19/h5-11,16-17,27H,12-15H2,1-4H3,(H,23,26). The molecular weight excluding hydrogens is 338 g/mol. The number of nitrogens with one attached hydrogen (secondary N) is 1. The van der Waals surface area contributed by atoms with Crippen molar-refractivity contribution in [3.8, 4) is 0 Å². The van der Waals surface area contributed by atoms with Gasteiger partial charge in [0.25, 0.3) is 0 Å². The number of hydrogen-bond donors (Lipinski definition) is 2. The van der Waals surface area contributed by atoms with Crippen LogP contribution in [0.15, 0.2) is 42.5 Å². The van der Waals surface area contributed by atoms with E-state index >= 15 is 0 Å². The van der Waals surface area contributed by atoms with Gasteiger partial charge in [-0.2, -0.15) is 0 Å². The van der Waals surface area contributed by atoms with Crippen LogP contribution in [0.5, 0.6) is 0 Å². The van der Waals surface area contributed by atoms with Gasteiger partial charge in [0.2, 0.25) is 0 Å². The molecule has 2 unspecified atom stereocenters. The van der Waals surface area contributed by atoms with Crippen LogP contribution in [0.4, 0.5) is 4.79 Å². The van der Waals surface area contributed by atoms with Gasteiger partial charge in [-0.05, 0) is 44.0 Å². The lowest BCUT2D eigenvalue weighted by Crippen LogP contribution is -2.58. The second-order valence-corrected chi connectivity index (χ2v) is 8.33. The van der Waals surface area contributed by atoms with Crippen molar-refractivity contribution in [1.82, 2.24) is 15.1 Å². The maximum absolute atomic E-state index is 12.9. The van der Waals surface area contributed by atoms with E-state index in [-0.39, 0.29) is 18.1 Å². The van der Waals surface area contributed by atoms with Gasteiger partial charge in [-0.1, -0.05) is 42.5 Å². The summed E-state index contributed by atoms with van der Waals surface area (Å²) in [5, 5.41) is 15.6. The molecule has 1 aliphatic heterocycles. The normalized spacial score (nSPS) is 19.9. The highest BCUT2D eigenvalue weighted by molar-refractivity contribution is 5.86. The van der Waals surface area contributed by atoms with Crippen LogP contribution in [-0.4, -0.2) is 58.8 Å². The maximum atomic E-state index is 12.9. The third kappa shape index (κ3) is 4.79. The molecule has 0 aromatic heterocycles. The largest absolute Gasteiger partial charge is 0.389 e. The summed E-state index contributed by atoms with van der Waals surface area (Å²) in [5.74, 6) is 0. The number of carbonyl (C=O) groups excluding carboxylic acids is 1. The van der Waals surface area contributed by atoms with E-state index in [1.165, 1.54) is 10.8 Å². The summed E-state index contributed by atoms with van der Waals surface area (Å²) < 4.78 is 0. The fraction of sp³-hybridized carbons (Fsp3) is 0.500. The third-order valence-corrected chi connectivity index (χ3v) is 5.21. The molecule has 0 aliphatic carbocycles. The number of fused-ring (bicyclic) bond motifs is 1. The zero-order valence-corrected chi connectivity index (χ0v) is 16.8. The summed E-state index contributed by atoms with van der Waals surface area (Å²) in [5.41, 5.74) is 0.419. The van der Waals surface area contributed by atoms with Crippen molar-refractivity contribution in [3.05, 3.63) is 48.0 Å². The van der Waals surface area contributed by atoms with Crippen LogP contribution in [-0.2, 0) is 0 Å². The van der Waals surface area contributed by atoms with E-state index in [0.717, 1.165) is 18.7 Å².